The molecule has 178 valence electrons. The van der Waals surface area contributed by atoms with Gasteiger partial charge in [0.15, 0.2) is 0 Å². The second-order valence-corrected chi connectivity index (χ2v) is 11.1. The van der Waals surface area contributed by atoms with E-state index >= 15 is 0 Å². The number of hydrogen-bond donors (Lipinski definition) is 1. The molecule has 1 N–H and O–H groups in total. The summed E-state index contributed by atoms with van der Waals surface area (Å²) in [5, 5.41) is 3.12. The van der Waals surface area contributed by atoms with Crippen LogP contribution in [0, 0.1) is 0 Å². The highest BCUT2D eigenvalue weighted by Gasteiger charge is 2.37. The summed E-state index contributed by atoms with van der Waals surface area (Å²) in [5.74, 6) is -0.690. The van der Waals surface area contributed by atoms with E-state index in [0.717, 1.165) is 34.3 Å². The van der Waals surface area contributed by atoms with Crippen LogP contribution in [0.5, 0.6) is 0 Å². The van der Waals surface area contributed by atoms with Crippen molar-refractivity contribution in [3.63, 3.8) is 0 Å². The largest absolute Gasteiger partial charge is 0.369 e. The Morgan fingerprint density at radius 1 is 1.24 bits per heavy atom. The first-order valence-corrected chi connectivity index (χ1v) is 12.4. The molecule has 1 saturated heterocycles. The number of rotatable bonds is 4. The van der Waals surface area contributed by atoms with Gasteiger partial charge in [-0.1, -0.05) is 36.2 Å². The molecule has 2 aliphatic rings. The Bertz CT molecular complexity index is 1230. The van der Waals surface area contributed by atoms with Crippen molar-refractivity contribution < 1.29 is 14.4 Å². The second-order valence-electron chi connectivity index (χ2n) is 9.24. The van der Waals surface area contributed by atoms with Gasteiger partial charge >= 0.3 is 0 Å². The van der Waals surface area contributed by atoms with Gasteiger partial charge in [-0.3, -0.25) is 19.3 Å². The van der Waals surface area contributed by atoms with Crippen LogP contribution in [0.3, 0.4) is 0 Å². The molecule has 0 bridgehead atoms. The molecule has 2 aliphatic heterocycles. The first-order chi connectivity index (χ1) is 16.0. The van der Waals surface area contributed by atoms with Gasteiger partial charge in [-0.25, -0.2) is 0 Å². The molecule has 0 aliphatic carbocycles. The minimum Gasteiger partial charge on any atom is -0.369 e. The zero-order valence-electron chi connectivity index (χ0n) is 19.3. The molecule has 1 fully saturated rings. The van der Waals surface area contributed by atoms with Gasteiger partial charge in [0.05, 0.1) is 4.91 Å². The van der Waals surface area contributed by atoms with Crippen molar-refractivity contribution in [3.05, 3.63) is 62.5 Å². The minimum atomic E-state index is -0.517. The Morgan fingerprint density at radius 2 is 1.97 bits per heavy atom. The zero-order valence-corrected chi connectivity index (χ0v) is 21.6. The van der Waals surface area contributed by atoms with E-state index in [-0.39, 0.29) is 17.0 Å². The van der Waals surface area contributed by atoms with E-state index in [1.54, 1.807) is 30.3 Å². The lowest BCUT2D eigenvalue weighted by atomic mass is 9.80. The Labute approximate surface area is 213 Å². The van der Waals surface area contributed by atoms with Crippen LogP contribution in [0.2, 0.25) is 10.0 Å². The molecule has 0 aromatic heterocycles. The lowest BCUT2D eigenvalue weighted by Gasteiger charge is -2.45. The SMILES string of the molecule is CC1CC(C)(C)N(C)c2cc(Cl)c(/C=C3\SC(=O)N(CC(=O)Nc4cccc(Cl)c4)C3=O)cc21. The highest BCUT2D eigenvalue weighted by atomic mass is 35.5. The first kappa shape index (κ1) is 24.6. The number of anilines is 2. The summed E-state index contributed by atoms with van der Waals surface area (Å²) >= 11 is 13.3. The van der Waals surface area contributed by atoms with Gasteiger partial charge < -0.3 is 10.2 Å². The number of carbonyl (C=O) groups excluding carboxylic acids is 3. The van der Waals surface area contributed by atoms with Crippen LogP contribution in [0.4, 0.5) is 16.2 Å². The summed E-state index contributed by atoms with van der Waals surface area (Å²) in [4.78, 5) is 41.2. The molecule has 4 rings (SSSR count). The molecule has 0 spiro atoms. The van der Waals surface area contributed by atoms with Gasteiger partial charge in [0, 0.05) is 34.0 Å². The monoisotopic (exact) mass is 517 g/mol. The maximum Gasteiger partial charge on any atom is 0.294 e. The Balaban J connectivity index is 1.54. The fourth-order valence-corrected chi connectivity index (χ4v) is 5.63. The third-order valence-electron chi connectivity index (χ3n) is 6.32. The lowest BCUT2D eigenvalue weighted by molar-refractivity contribution is -0.127. The van der Waals surface area contributed by atoms with Gasteiger partial charge in [0.25, 0.3) is 11.1 Å². The number of carbonyl (C=O) groups is 3. The maximum atomic E-state index is 12.9. The summed E-state index contributed by atoms with van der Waals surface area (Å²) in [5.41, 5.74) is 3.39. The van der Waals surface area contributed by atoms with Crippen LogP contribution in [-0.4, -0.2) is 41.1 Å². The van der Waals surface area contributed by atoms with Crippen molar-refractivity contribution >= 4 is 69.5 Å². The normalized spacial score (nSPS) is 20.6. The van der Waals surface area contributed by atoms with Crippen LogP contribution in [0.1, 0.15) is 44.2 Å². The van der Waals surface area contributed by atoms with E-state index in [2.05, 4.69) is 38.0 Å². The molecule has 6 nitrogen and oxygen atoms in total. The van der Waals surface area contributed by atoms with Crippen molar-refractivity contribution in [1.82, 2.24) is 4.90 Å². The molecule has 1 unspecified atom stereocenters. The molecular weight excluding hydrogens is 493 g/mol. The number of nitrogens with zero attached hydrogens (tertiary/aromatic N) is 2. The molecule has 2 heterocycles. The number of benzene rings is 2. The molecule has 0 saturated carbocycles. The van der Waals surface area contributed by atoms with Crippen molar-refractivity contribution in [1.29, 1.82) is 0 Å². The van der Waals surface area contributed by atoms with Crippen LogP contribution >= 0.6 is 35.0 Å². The number of thioether (sulfide) groups is 1. The second kappa shape index (κ2) is 9.29. The highest BCUT2D eigenvalue weighted by Crippen LogP contribution is 2.45. The number of hydrogen-bond acceptors (Lipinski definition) is 5. The van der Waals surface area contributed by atoms with E-state index in [1.165, 1.54) is 0 Å². The molecule has 3 amide bonds. The van der Waals surface area contributed by atoms with Crippen molar-refractivity contribution in [2.75, 3.05) is 23.8 Å². The van der Waals surface area contributed by atoms with E-state index in [4.69, 9.17) is 23.2 Å². The van der Waals surface area contributed by atoms with Crippen molar-refractivity contribution in [3.8, 4) is 0 Å². The molecule has 9 heteroatoms. The Hall–Kier alpha value is -2.48. The third kappa shape index (κ3) is 4.83. The molecule has 1 atom stereocenters. The van der Waals surface area contributed by atoms with Crippen molar-refractivity contribution in [2.45, 2.75) is 38.6 Å². The van der Waals surface area contributed by atoms with Gasteiger partial charge in [-0.05, 0) is 85.5 Å². The summed E-state index contributed by atoms with van der Waals surface area (Å²) in [6.07, 6.45) is 2.62. The smallest absolute Gasteiger partial charge is 0.294 e. The Kier molecular flexibility index (Phi) is 6.73. The van der Waals surface area contributed by atoms with E-state index < -0.39 is 17.1 Å². The zero-order chi connectivity index (χ0) is 24.8. The highest BCUT2D eigenvalue weighted by molar-refractivity contribution is 8.18. The molecular formula is C25H25Cl2N3O3S. The summed E-state index contributed by atoms with van der Waals surface area (Å²) in [7, 11) is 2.06. The van der Waals surface area contributed by atoms with Crippen LogP contribution in [-0.2, 0) is 9.59 Å². The van der Waals surface area contributed by atoms with Gasteiger partial charge in [-0.15, -0.1) is 0 Å². The lowest BCUT2D eigenvalue weighted by Crippen LogP contribution is -2.45. The van der Waals surface area contributed by atoms with Crippen LogP contribution in [0.15, 0.2) is 41.3 Å². The summed E-state index contributed by atoms with van der Waals surface area (Å²) < 4.78 is 0. The van der Waals surface area contributed by atoms with E-state index in [9.17, 15) is 14.4 Å². The number of amides is 3. The predicted molar refractivity (Wildman–Crippen MR) is 140 cm³/mol. The maximum absolute atomic E-state index is 12.9. The van der Waals surface area contributed by atoms with E-state index in [1.807, 2.05) is 12.1 Å². The molecule has 0 radical (unpaired) electrons. The van der Waals surface area contributed by atoms with Crippen LogP contribution < -0.4 is 10.2 Å². The standard InChI is InChI=1S/C25H25Cl2N3O3S/c1-14-12-25(2,3)29(4)20-11-19(27)15(8-18(14)20)9-21-23(32)30(24(33)34-21)13-22(31)28-17-7-5-6-16(26)10-17/h5-11,14H,12-13H2,1-4H3,(H,28,31)/b21-9-. The first-order valence-electron chi connectivity index (χ1n) is 10.8. The average Bonchev–Trinajstić information content (AvgIpc) is 3.00. The molecule has 2 aromatic rings. The minimum absolute atomic E-state index is 0.00553. The predicted octanol–water partition coefficient (Wildman–Crippen LogP) is 6.39. The number of fused-ring (bicyclic) bond motifs is 1. The quantitative estimate of drug-likeness (QED) is 0.475. The number of nitrogens with one attached hydrogen (secondary N) is 1. The fraction of sp³-hybridized carbons (Fsp3) is 0.320. The molecule has 2 aromatic carbocycles. The fourth-order valence-electron chi connectivity index (χ4n) is 4.40. The Morgan fingerprint density at radius 3 is 2.68 bits per heavy atom. The van der Waals surface area contributed by atoms with Gasteiger partial charge in [0.1, 0.15) is 6.54 Å². The van der Waals surface area contributed by atoms with Crippen LogP contribution in [0.25, 0.3) is 6.08 Å². The number of halogens is 2. The summed E-state index contributed by atoms with van der Waals surface area (Å²) in [6, 6.07) is 10.6. The van der Waals surface area contributed by atoms with Gasteiger partial charge in [-0.2, -0.15) is 0 Å². The average molecular weight is 518 g/mol. The number of imide groups is 1. The van der Waals surface area contributed by atoms with E-state index in [0.29, 0.717) is 27.2 Å². The topological polar surface area (TPSA) is 69.7 Å². The molecule has 34 heavy (non-hydrogen) atoms. The van der Waals surface area contributed by atoms with Gasteiger partial charge in [0.2, 0.25) is 5.91 Å². The third-order valence-corrected chi connectivity index (χ3v) is 7.79. The van der Waals surface area contributed by atoms with Crippen molar-refractivity contribution in [2.24, 2.45) is 0 Å². The summed E-state index contributed by atoms with van der Waals surface area (Å²) in [6.45, 7) is 6.20.